The summed E-state index contributed by atoms with van der Waals surface area (Å²) in [4.78, 5) is 0. The molecular formula is C5H5F3N. The van der Waals surface area contributed by atoms with Gasteiger partial charge in [-0.05, 0) is 6.20 Å². The molecule has 51 valence electrons. The lowest BCUT2D eigenvalue weighted by molar-refractivity contribution is -0.152. The van der Waals surface area contributed by atoms with Crippen LogP contribution >= 0.6 is 0 Å². The zero-order valence-electron chi connectivity index (χ0n) is 4.44. The lowest BCUT2D eigenvalue weighted by atomic mass is 10.2. The van der Waals surface area contributed by atoms with E-state index in [1.807, 2.05) is 0 Å². The minimum Gasteiger partial charge on any atom is -0.385 e. The highest BCUT2D eigenvalue weighted by molar-refractivity contribution is 5.05. The first-order chi connectivity index (χ1) is 4.11. The predicted molar refractivity (Wildman–Crippen MR) is 26.1 cm³/mol. The molecule has 0 saturated heterocycles. The van der Waals surface area contributed by atoms with E-state index in [9.17, 15) is 13.2 Å². The van der Waals surface area contributed by atoms with Crippen LogP contribution in [0.2, 0.25) is 0 Å². The van der Waals surface area contributed by atoms with Crippen LogP contribution in [-0.4, -0.2) is 6.18 Å². The molecule has 1 radical (unpaired) electrons. The van der Waals surface area contributed by atoms with Crippen molar-refractivity contribution in [3.8, 4) is 0 Å². The Bertz CT molecular complexity index is 127. The van der Waals surface area contributed by atoms with Crippen molar-refractivity contribution in [1.29, 1.82) is 0 Å². The first-order valence-corrected chi connectivity index (χ1v) is 2.43. The summed E-state index contributed by atoms with van der Waals surface area (Å²) < 4.78 is 34.9. The van der Waals surface area contributed by atoms with Crippen molar-refractivity contribution in [2.24, 2.45) is 5.92 Å². The first-order valence-electron chi connectivity index (χ1n) is 2.43. The second-order valence-electron chi connectivity index (χ2n) is 1.76. The Morgan fingerprint density at radius 3 is 2.22 bits per heavy atom. The number of hydrogen-bond acceptors (Lipinski definition) is 1. The van der Waals surface area contributed by atoms with Gasteiger partial charge >= 0.3 is 6.18 Å². The number of nitrogens with one attached hydrogen (secondary N) is 1. The molecule has 0 saturated carbocycles. The molecule has 0 aliphatic carbocycles. The van der Waals surface area contributed by atoms with Crippen molar-refractivity contribution in [1.82, 2.24) is 5.32 Å². The van der Waals surface area contributed by atoms with E-state index in [0.29, 0.717) is 0 Å². The summed E-state index contributed by atoms with van der Waals surface area (Å²) in [5, 5.41) is 2.35. The summed E-state index contributed by atoms with van der Waals surface area (Å²) in [6.45, 7) is 1.00. The highest BCUT2D eigenvalue weighted by atomic mass is 19.4. The van der Waals surface area contributed by atoms with Crippen molar-refractivity contribution in [3.63, 3.8) is 0 Å². The number of alkyl halides is 3. The van der Waals surface area contributed by atoms with Gasteiger partial charge < -0.3 is 5.32 Å². The standard InChI is InChI=1S/C5H5F3N/c6-5(7,8)4-1-2-9-3-4/h1-4,9H. The van der Waals surface area contributed by atoms with Crippen LogP contribution in [0.15, 0.2) is 12.3 Å². The molecule has 1 N–H and O–H groups in total. The van der Waals surface area contributed by atoms with Crippen LogP contribution < -0.4 is 5.32 Å². The first kappa shape index (κ1) is 6.45. The third-order valence-electron chi connectivity index (χ3n) is 1.05. The van der Waals surface area contributed by atoms with Crippen LogP contribution in [0, 0.1) is 12.5 Å². The van der Waals surface area contributed by atoms with Gasteiger partial charge in [-0.1, -0.05) is 6.08 Å². The fourth-order valence-corrected chi connectivity index (χ4v) is 0.578. The maximum Gasteiger partial charge on any atom is 0.397 e. The molecule has 0 fully saturated rings. The van der Waals surface area contributed by atoms with E-state index in [1.165, 1.54) is 6.20 Å². The van der Waals surface area contributed by atoms with Gasteiger partial charge in [0.1, 0.15) is 0 Å². The van der Waals surface area contributed by atoms with E-state index in [4.69, 9.17) is 0 Å². The molecule has 4 heteroatoms. The van der Waals surface area contributed by atoms with Gasteiger partial charge in [-0.15, -0.1) is 0 Å². The Hall–Kier alpha value is -0.670. The van der Waals surface area contributed by atoms with Crippen molar-refractivity contribution in [2.45, 2.75) is 6.18 Å². The average molecular weight is 136 g/mol. The van der Waals surface area contributed by atoms with Gasteiger partial charge in [0.05, 0.1) is 12.5 Å². The average Bonchev–Trinajstić information content (AvgIpc) is 2.08. The summed E-state index contributed by atoms with van der Waals surface area (Å²) >= 11 is 0. The van der Waals surface area contributed by atoms with Crippen molar-refractivity contribution >= 4 is 0 Å². The van der Waals surface area contributed by atoms with E-state index in [1.54, 1.807) is 0 Å². The van der Waals surface area contributed by atoms with Gasteiger partial charge in [0.15, 0.2) is 0 Å². The summed E-state index contributed by atoms with van der Waals surface area (Å²) in [7, 11) is 0. The maximum absolute atomic E-state index is 11.6. The van der Waals surface area contributed by atoms with Gasteiger partial charge in [0, 0.05) is 0 Å². The second-order valence-corrected chi connectivity index (χ2v) is 1.76. The summed E-state index contributed by atoms with van der Waals surface area (Å²) in [6.07, 6.45) is -1.78. The number of hydrogen-bond donors (Lipinski definition) is 1. The zero-order valence-corrected chi connectivity index (χ0v) is 4.44. The van der Waals surface area contributed by atoms with Gasteiger partial charge in [0.2, 0.25) is 0 Å². The molecule has 0 spiro atoms. The summed E-state index contributed by atoms with van der Waals surface area (Å²) in [6, 6.07) is 0. The lowest BCUT2D eigenvalue weighted by Crippen LogP contribution is -2.21. The summed E-state index contributed by atoms with van der Waals surface area (Å²) in [5.74, 6) is -1.41. The molecule has 1 unspecified atom stereocenters. The maximum atomic E-state index is 11.6. The Balaban J connectivity index is 2.53. The molecule has 1 atom stereocenters. The Kier molecular flexibility index (Phi) is 1.38. The Labute approximate surface area is 50.6 Å². The minimum absolute atomic E-state index is 1.00. The molecule has 1 heterocycles. The van der Waals surface area contributed by atoms with Gasteiger partial charge in [-0.25, -0.2) is 0 Å². The SMILES string of the molecule is FC(F)(F)C1[CH]NC=C1. The number of rotatable bonds is 0. The smallest absolute Gasteiger partial charge is 0.385 e. The third-order valence-corrected chi connectivity index (χ3v) is 1.05. The molecule has 0 aromatic rings. The quantitative estimate of drug-likeness (QED) is 0.531. The third kappa shape index (κ3) is 1.37. The highest BCUT2D eigenvalue weighted by Gasteiger charge is 2.39. The van der Waals surface area contributed by atoms with Crippen LogP contribution in [0.25, 0.3) is 0 Å². The van der Waals surface area contributed by atoms with Crippen molar-refractivity contribution in [2.75, 3.05) is 0 Å². The molecular weight excluding hydrogens is 131 g/mol. The largest absolute Gasteiger partial charge is 0.397 e. The fraction of sp³-hybridized carbons (Fsp3) is 0.400. The monoisotopic (exact) mass is 136 g/mol. The molecule has 0 aromatic heterocycles. The molecule has 9 heavy (non-hydrogen) atoms. The molecule has 0 amide bonds. The molecule has 1 nitrogen and oxygen atoms in total. The number of halogens is 3. The topological polar surface area (TPSA) is 12.0 Å². The molecule has 0 aromatic carbocycles. The van der Waals surface area contributed by atoms with E-state index < -0.39 is 12.1 Å². The summed E-state index contributed by atoms with van der Waals surface area (Å²) in [5.41, 5.74) is 0. The second kappa shape index (κ2) is 1.93. The van der Waals surface area contributed by atoms with Gasteiger partial charge in [-0.2, -0.15) is 13.2 Å². The Morgan fingerprint density at radius 1 is 1.33 bits per heavy atom. The minimum atomic E-state index is -4.12. The normalized spacial score (nSPS) is 26.3. The molecule has 0 bridgehead atoms. The Morgan fingerprint density at radius 2 is 2.00 bits per heavy atom. The van der Waals surface area contributed by atoms with E-state index in [-0.39, 0.29) is 0 Å². The van der Waals surface area contributed by atoms with Crippen LogP contribution in [0.1, 0.15) is 0 Å². The van der Waals surface area contributed by atoms with Crippen LogP contribution in [0.3, 0.4) is 0 Å². The van der Waals surface area contributed by atoms with Crippen LogP contribution in [0.5, 0.6) is 0 Å². The lowest BCUT2D eigenvalue weighted by Gasteiger charge is -2.10. The van der Waals surface area contributed by atoms with Crippen LogP contribution in [0.4, 0.5) is 13.2 Å². The van der Waals surface area contributed by atoms with Crippen molar-refractivity contribution in [3.05, 3.63) is 18.8 Å². The van der Waals surface area contributed by atoms with Crippen molar-refractivity contribution < 1.29 is 13.2 Å². The van der Waals surface area contributed by atoms with Gasteiger partial charge in [0.25, 0.3) is 0 Å². The van der Waals surface area contributed by atoms with E-state index in [2.05, 4.69) is 5.32 Å². The molecule has 1 aliphatic rings. The van der Waals surface area contributed by atoms with E-state index in [0.717, 1.165) is 12.6 Å². The highest BCUT2D eigenvalue weighted by Crippen LogP contribution is 2.30. The fourth-order valence-electron chi connectivity index (χ4n) is 0.578. The molecule has 1 rings (SSSR count). The van der Waals surface area contributed by atoms with Gasteiger partial charge in [-0.3, -0.25) is 0 Å². The van der Waals surface area contributed by atoms with E-state index >= 15 is 0 Å². The predicted octanol–water partition coefficient (Wildman–Crippen LogP) is 1.44. The molecule has 1 aliphatic heterocycles. The van der Waals surface area contributed by atoms with Crippen LogP contribution in [-0.2, 0) is 0 Å². The zero-order chi connectivity index (χ0) is 6.91.